The predicted molar refractivity (Wildman–Crippen MR) is 133 cm³/mol. The summed E-state index contributed by atoms with van der Waals surface area (Å²) < 4.78 is 21.4. The molecule has 1 aromatic carbocycles. The summed E-state index contributed by atoms with van der Waals surface area (Å²) in [5.74, 6) is 0.881. The van der Waals surface area contributed by atoms with Gasteiger partial charge in [-0.3, -0.25) is 4.79 Å². The van der Waals surface area contributed by atoms with Gasteiger partial charge in [-0.25, -0.2) is 0 Å². The molecule has 7 nitrogen and oxygen atoms in total. The van der Waals surface area contributed by atoms with Gasteiger partial charge in [0, 0.05) is 6.54 Å². The van der Waals surface area contributed by atoms with E-state index < -0.39 is 14.7 Å². The quantitative estimate of drug-likeness (QED) is 0.120. The molecule has 0 aromatic heterocycles. The van der Waals surface area contributed by atoms with Crippen molar-refractivity contribution in [1.29, 1.82) is 0 Å². The molecule has 0 aliphatic rings. The van der Waals surface area contributed by atoms with Crippen molar-refractivity contribution in [2.75, 3.05) is 33.4 Å². The van der Waals surface area contributed by atoms with Gasteiger partial charge in [0.1, 0.15) is 11.9 Å². The van der Waals surface area contributed by atoms with Crippen LogP contribution in [-0.4, -0.2) is 50.9 Å². The molecule has 0 saturated carbocycles. The minimum atomic E-state index is -1.97. The molecule has 190 valence electrons. The van der Waals surface area contributed by atoms with Gasteiger partial charge in [-0.05, 0) is 44.0 Å². The molecule has 0 heterocycles. The first-order chi connectivity index (χ1) is 16.2. The Hall–Kier alpha value is -1.24. The summed E-state index contributed by atoms with van der Waals surface area (Å²) in [4.78, 5) is 20.5. The second kappa shape index (κ2) is 21.3. The number of ether oxygens (including phenoxy) is 2. The molecule has 0 amide bonds. The smallest absolute Gasteiger partial charge is 0.330 e. The summed E-state index contributed by atoms with van der Waals surface area (Å²) in [7, 11) is -0.172. The SMILES string of the molecule is CCCCCCCCCCCOc1ccc(CCC(COP(O)OCCNC)OC=O)cc1. The summed E-state index contributed by atoms with van der Waals surface area (Å²) >= 11 is 0. The first kappa shape index (κ1) is 29.8. The fraction of sp³-hybridized carbons (Fsp3) is 0.720. The normalized spacial score (nSPS) is 12.9. The Labute approximate surface area is 201 Å². The third-order valence-corrected chi connectivity index (χ3v) is 6.14. The second-order valence-corrected chi connectivity index (χ2v) is 9.18. The number of nitrogens with one attached hydrogen (secondary N) is 1. The standard InChI is InChI=1S/C25H44NO6P/c1-3-4-5-6-7-8-9-10-11-19-29-24-15-12-23(13-16-24)14-17-25(30-22-27)21-32-33(28)31-20-18-26-2/h12-13,15-16,22,25-26,28H,3-11,14,17-21H2,1-2H3. The van der Waals surface area contributed by atoms with Crippen LogP contribution in [0.5, 0.6) is 5.75 Å². The predicted octanol–water partition coefficient (Wildman–Crippen LogP) is 5.54. The van der Waals surface area contributed by atoms with Gasteiger partial charge in [-0.2, -0.15) is 0 Å². The molecule has 8 heteroatoms. The van der Waals surface area contributed by atoms with Crippen LogP contribution in [0, 0.1) is 0 Å². The second-order valence-electron chi connectivity index (χ2n) is 8.18. The van der Waals surface area contributed by atoms with Crippen LogP contribution in [0.2, 0.25) is 0 Å². The van der Waals surface area contributed by atoms with Crippen molar-refractivity contribution in [3.05, 3.63) is 29.8 Å². The summed E-state index contributed by atoms with van der Waals surface area (Å²) in [6, 6.07) is 8.03. The van der Waals surface area contributed by atoms with E-state index in [-0.39, 0.29) is 6.61 Å². The van der Waals surface area contributed by atoms with Crippen molar-refractivity contribution >= 4 is 15.1 Å². The van der Waals surface area contributed by atoms with E-state index >= 15 is 0 Å². The van der Waals surface area contributed by atoms with Crippen molar-refractivity contribution in [3.63, 3.8) is 0 Å². The van der Waals surface area contributed by atoms with E-state index in [1.807, 2.05) is 24.3 Å². The average Bonchev–Trinajstić information content (AvgIpc) is 2.83. The van der Waals surface area contributed by atoms with Gasteiger partial charge in [0.25, 0.3) is 6.47 Å². The monoisotopic (exact) mass is 485 g/mol. The number of unbranched alkanes of at least 4 members (excludes halogenated alkanes) is 8. The molecular formula is C25H44NO6P. The van der Waals surface area contributed by atoms with Crippen molar-refractivity contribution in [1.82, 2.24) is 5.32 Å². The maximum absolute atomic E-state index is 10.8. The minimum absolute atomic E-state index is 0.0977. The maximum atomic E-state index is 10.8. The molecule has 1 rings (SSSR count). The highest BCUT2D eigenvalue weighted by Gasteiger charge is 2.15. The highest BCUT2D eigenvalue weighted by Crippen LogP contribution is 2.32. The zero-order valence-electron chi connectivity index (χ0n) is 20.5. The van der Waals surface area contributed by atoms with E-state index in [1.54, 1.807) is 7.05 Å². The first-order valence-corrected chi connectivity index (χ1v) is 13.5. The van der Waals surface area contributed by atoms with E-state index in [0.29, 0.717) is 26.0 Å². The lowest BCUT2D eigenvalue weighted by molar-refractivity contribution is -0.135. The number of rotatable bonds is 23. The summed E-state index contributed by atoms with van der Waals surface area (Å²) in [5.41, 5.74) is 1.13. The zero-order chi connectivity index (χ0) is 24.0. The van der Waals surface area contributed by atoms with E-state index in [4.69, 9.17) is 18.5 Å². The third kappa shape index (κ3) is 16.9. The molecule has 0 radical (unpaired) electrons. The highest BCUT2D eigenvalue weighted by molar-refractivity contribution is 7.40. The van der Waals surface area contributed by atoms with Crippen LogP contribution >= 0.6 is 8.60 Å². The largest absolute Gasteiger partial charge is 0.494 e. The van der Waals surface area contributed by atoms with E-state index in [1.165, 1.54) is 51.4 Å². The molecule has 1 aromatic rings. The molecule has 33 heavy (non-hydrogen) atoms. The molecular weight excluding hydrogens is 441 g/mol. The number of carbonyl (C=O) groups is 1. The summed E-state index contributed by atoms with van der Waals surface area (Å²) in [6.07, 6.45) is 12.6. The number of hydrogen-bond donors (Lipinski definition) is 2. The third-order valence-electron chi connectivity index (χ3n) is 5.37. The van der Waals surface area contributed by atoms with Gasteiger partial charge in [0.15, 0.2) is 0 Å². The first-order valence-electron chi connectivity index (χ1n) is 12.4. The number of carbonyl (C=O) groups excluding carboxylic acids is 1. The minimum Gasteiger partial charge on any atom is -0.494 e. The zero-order valence-corrected chi connectivity index (χ0v) is 21.4. The van der Waals surface area contributed by atoms with Crippen LogP contribution < -0.4 is 10.1 Å². The van der Waals surface area contributed by atoms with Gasteiger partial charge in [-0.1, -0.05) is 70.4 Å². The fourth-order valence-electron chi connectivity index (χ4n) is 3.36. The maximum Gasteiger partial charge on any atom is 0.330 e. The molecule has 0 aliphatic carbocycles. The summed E-state index contributed by atoms with van der Waals surface area (Å²) in [5, 5.41) is 2.92. The number of benzene rings is 1. The highest BCUT2D eigenvalue weighted by atomic mass is 31.2. The number of hydrogen-bond acceptors (Lipinski definition) is 7. The van der Waals surface area contributed by atoms with E-state index in [2.05, 4.69) is 12.2 Å². The number of aryl methyl sites for hydroxylation is 1. The summed E-state index contributed by atoms with van der Waals surface area (Å²) in [6.45, 7) is 4.49. The number of likely N-dealkylation sites (N-methyl/N-ethyl adjacent to an activating group) is 1. The van der Waals surface area contributed by atoms with Gasteiger partial charge in [-0.15, -0.1) is 0 Å². The molecule has 0 bridgehead atoms. The topological polar surface area (TPSA) is 86.2 Å². The van der Waals surface area contributed by atoms with Gasteiger partial charge in [0.2, 0.25) is 0 Å². The van der Waals surface area contributed by atoms with Crippen molar-refractivity contribution in [3.8, 4) is 5.75 Å². The van der Waals surface area contributed by atoms with E-state index in [0.717, 1.165) is 30.8 Å². The molecule has 2 atom stereocenters. The van der Waals surface area contributed by atoms with Crippen LogP contribution in [-0.2, 0) is 25.0 Å². The Morgan fingerprint density at radius 3 is 2.27 bits per heavy atom. The molecule has 0 saturated heterocycles. The van der Waals surface area contributed by atoms with E-state index in [9.17, 15) is 9.69 Å². The molecule has 0 aliphatic heterocycles. The molecule has 0 fully saturated rings. The Bertz CT molecular complexity index is 575. The lowest BCUT2D eigenvalue weighted by Gasteiger charge is -2.17. The lowest BCUT2D eigenvalue weighted by atomic mass is 10.1. The average molecular weight is 486 g/mol. The van der Waals surface area contributed by atoms with Gasteiger partial charge in [0.05, 0.1) is 19.8 Å². The molecule has 2 unspecified atom stereocenters. The Kier molecular flexibility index (Phi) is 19.2. The van der Waals surface area contributed by atoms with Crippen LogP contribution in [0.25, 0.3) is 0 Å². The van der Waals surface area contributed by atoms with Gasteiger partial charge < -0.3 is 28.7 Å². The van der Waals surface area contributed by atoms with Crippen LogP contribution in [0.4, 0.5) is 0 Å². The fourth-order valence-corrected chi connectivity index (χ4v) is 3.98. The van der Waals surface area contributed by atoms with Crippen molar-refractivity contribution in [2.45, 2.75) is 83.7 Å². The van der Waals surface area contributed by atoms with Crippen molar-refractivity contribution in [2.24, 2.45) is 0 Å². The Morgan fingerprint density at radius 2 is 1.64 bits per heavy atom. The Balaban J connectivity index is 2.18. The Morgan fingerprint density at radius 1 is 0.970 bits per heavy atom. The molecule has 0 spiro atoms. The van der Waals surface area contributed by atoms with Crippen LogP contribution in [0.1, 0.15) is 76.7 Å². The lowest BCUT2D eigenvalue weighted by Crippen LogP contribution is -2.20. The molecule has 2 N–H and O–H groups in total. The van der Waals surface area contributed by atoms with Crippen LogP contribution in [0.15, 0.2) is 24.3 Å². The van der Waals surface area contributed by atoms with Gasteiger partial charge >= 0.3 is 8.60 Å². The van der Waals surface area contributed by atoms with Crippen LogP contribution in [0.3, 0.4) is 0 Å². The van der Waals surface area contributed by atoms with Crippen molar-refractivity contribution < 1.29 is 28.2 Å².